The molecule has 5 nitrogen and oxygen atoms in total. The number of alkyl carbamates (subject to hydrolysis) is 1. The van der Waals surface area contributed by atoms with E-state index in [0.717, 1.165) is 5.56 Å². The number of rotatable bonds is 4. The molecule has 1 amide bonds. The van der Waals surface area contributed by atoms with E-state index < -0.39 is 6.09 Å². The SMILES string of the molecule is CC.CC.CCOC(=O)NC(C)Cc1ccc(O)c(O)c1. The Morgan fingerprint density at radius 3 is 2.24 bits per heavy atom. The summed E-state index contributed by atoms with van der Waals surface area (Å²) in [7, 11) is 0. The van der Waals surface area contributed by atoms with Crippen LogP contribution in [-0.4, -0.2) is 29.0 Å². The minimum Gasteiger partial charge on any atom is -0.504 e. The number of aromatic hydroxyl groups is 2. The summed E-state index contributed by atoms with van der Waals surface area (Å²) in [4.78, 5) is 11.1. The van der Waals surface area contributed by atoms with Gasteiger partial charge in [-0.25, -0.2) is 4.79 Å². The van der Waals surface area contributed by atoms with Gasteiger partial charge in [0.1, 0.15) is 0 Å². The second kappa shape index (κ2) is 13.1. The number of hydrogen-bond donors (Lipinski definition) is 3. The molecular formula is C16H29NO4. The molecule has 122 valence electrons. The first-order valence-electron chi connectivity index (χ1n) is 7.47. The van der Waals surface area contributed by atoms with E-state index in [4.69, 9.17) is 9.84 Å². The van der Waals surface area contributed by atoms with E-state index in [1.165, 1.54) is 12.1 Å². The van der Waals surface area contributed by atoms with Crippen LogP contribution in [0, 0.1) is 0 Å². The van der Waals surface area contributed by atoms with Crippen LogP contribution in [-0.2, 0) is 11.2 Å². The van der Waals surface area contributed by atoms with Gasteiger partial charge in [-0.15, -0.1) is 0 Å². The van der Waals surface area contributed by atoms with Gasteiger partial charge in [0.25, 0.3) is 0 Å². The summed E-state index contributed by atoms with van der Waals surface area (Å²) in [6.45, 7) is 11.9. The van der Waals surface area contributed by atoms with Crippen molar-refractivity contribution in [1.82, 2.24) is 5.32 Å². The second-order valence-corrected chi connectivity index (χ2v) is 3.79. The summed E-state index contributed by atoms with van der Waals surface area (Å²) in [6.07, 6.45) is 0.0927. The molecule has 21 heavy (non-hydrogen) atoms. The van der Waals surface area contributed by atoms with E-state index >= 15 is 0 Å². The van der Waals surface area contributed by atoms with Gasteiger partial charge in [-0.2, -0.15) is 0 Å². The summed E-state index contributed by atoms with van der Waals surface area (Å²) >= 11 is 0. The maximum absolute atomic E-state index is 11.1. The van der Waals surface area contributed by atoms with Crippen LogP contribution in [0.5, 0.6) is 11.5 Å². The van der Waals surface area contributed by atoms with Crippen LogP contribution >= 0.6 is 0 Å². The molecular weight excluding hydrogens is 270 g/mol. The normalized spacial score (nSPS) is 10.2. The molecule has 0 saturated carbocycles. The lowest BCUT2D eigenvalue weighted by molar-refractivity contribution is 0.149. The molecule has 0 aromatic heterocycles. The van der Waals surface area contributed by atoms with Crippen LogP contribution in [0.15, 0.2) is 18.2 Å². The van der Waals surface area contributed by atoms with E-state index in [2.05, 4.69) is 5.32 Å². The lowest BCUT2D eigenvalue weighted by Gasteiger charge is -2.13. The number of phenolic OH excluding ortho intramolecular Hbond substituents is 2. The van der Waals surface area contributed by atoms with Crippen molar-refractivity contribution in [3.63, 3.8) is 0 Å². The standard InChI is InChI=1S/C12H17NO4.2C2H6/c1-3-17-12(16)13-8(2)6-9-4-5-10(14)11(15)7-9;2*1-2/h4-5,7-8,14-15H,3,6H2,1-2H3,(H,13,16);2*1-2H3. The Morgan fingerprint density at radius 2 is 1.76 bits per heavy atom. The van der Waals surface area contributed by atoms with E-state index in [1.54, 1.807) is 13.0 Å². The van der Waals surface area contributed by atoms with Crippen molar-refractivity contribution in [2.45, 2.75) is 54.0 Å². The molecule has 5 heteroatoms. The smallest absolute Gasteiger partial charge is 0.407 e. The second-order valence-electron chi connectivity index (χ2n) is 3.79. The molecule has 1 atom stereocenters. The van der Waals surface area contributed by atoms with Crippen LogP contribution in [0.1, 0.15) is 47.1 Å². The van der Waals surface area contributed by atoms with E-state index in [-0.39, 0.29) is 17.5 Å². The fraction of sp³-hybridized carbons (Fsp3) is 0.562. The molecule has 0 bridgehead atoms. The Morgan fingerprint density at radius 1 is 1.19 bits per heavy atom. The van der Waals surface area contributed by atoms with Gasteiger partial charge in [-0.3, -0.25) is 0 Å². The van der Waals surface area contributed by atoms with Crippen LogP contribution in [0.4, 0.5) is 4.79 Å². The molecule has 3 N–H and O–H groups in total. The predicted octanol–water partition coefficient (Wildman–Crippen LogP) is 3.83. The zero-order chi connectivity index (χ0) is 16.8. The van der Waals surface area contributed by atoms with Crippen molar-refractivity contribution in [2.24, 2.45) is 0 Å². The Kier molecular flexibility index (Phi) is 13.3. The zero-order valence-electron chi connectivity index (χ0n) is 13.9. The number of amides is 1. The van der Waals surface area contributed by atoms with Crippen molar-refractivity contribution in [3.8, 4) is 11.5 Å². The van der Waals surface area contributed by atoms with E-state index in [0.29, 0.717) is 13.0 Å². The highest BCUT2D eigenvalue weighted by atomic mass is 16.5. The molecule has 0 saturated heterocycles. The summed E-state index contributed by atoms with van der Waals surface area (Å²) in [6, 6.07) is 4.47. The molecule has 0 radical (unpaired) electrons. The average Bonchev–Trinajstić information content (AvgIpc) is 2.47. The number of carbonyl (C=O) groups is 1. The number of carbonyl (C=O) groups excluding carboxylic acids is 1. The Balaban J connectivity index is 0. The molecule has 0 aliphatic carbocycles. The lowest BCUT2D eigenvalue weighted by Crippen LogP contribution is -2.34. The van der Waals surface area contributed by atoms with Crippen molar-refractivity contribution >= 4 is 6.09 Å². The van der Waals surface area contributed by atoms with Gasteiger partial charge in [0.05, 0.1) is 6.61 Å². The van der Waals surface area contributed by atoms with Crippen molar-refractivity contribution in [3.05, 3.63) is 23.8 Å². The molecule has 0 spiro atoms. The number of phenols is 2. The van der Waals surface area contributed by atoms with E-state index in [1.807, 2.05) is 34.6 Å². The van der Waals surface area contributed by atoms with Gasteiger partial charge in [0.15, 0.2) is 11.5 Å². The van der Waals surface area contributed by atoms with Gasteiger partial charge in [-0.05, 0) is 38.0 Å². The third-order valence-corrected chi connectivity index (χ3v) is 2.22. The highest BCUT2D eigenvalue weighted by Crippen LogP contribution is 2.25. The van der Waals surface area contributed by atoms with Gasteiger partial charge >= 0.3 is 6.09 Å². The third-order valence-electron chi connectivity index (χ3n) is 2.22. The number of benzene rings is 1. The first-order chi connectivity index (χ1) is 10.0. The highest BCUT2D eigenvalue weighted by Gasteiger charge is 2.09. The van der Waals surface area contributed by atoms with Crippen LogP contribution in [0.25, 0.3) is 0 Å². The molecule has 0 aliphatic rings. The maximum atomic E-state index is 11.1. The number of nitrogens with one attached hydrogen (secondary N) is 1. The maximum Gasteiger partial charge on any atom is 0.407 e. The quantitative estimate of drug-likeness (QED) is 0.738. The minimum atomic E-state index is -0.456. The summed E-state index contributed by atoms with van der Waals surface area (Å²) in [5.41, 5.74) is 0.824. The van der Waals surface area contributed by atoms with Crippen molar-refractivity contribution in [1.29, 1.82) is 0 Å². The predicted molar refractivity (Wildman–Crippen MR) is 85.8 cm³/mol. The van der Waals surface area contributed by atoms with Crippen molar-refractivity contribution in [2.75, 3.05) is 6.61 Å². The van der Waals surface area contributed by atoms with Crippen molar-refractivity contribution < 1.29 is 19.7 Å². The van der Waals surface area contributed by atoms with Gasteiger partial charge < -0.3 is 20.3 Å². The zero-order valence-corrected chi connectivity index (χ0v) is 13.9. The molecule has 1 rings (SSSR count). The summed E-state index contributed by atoms with van der Waals surface area (Å²) in [5.74, 6) is -0.314. The number of ether oxygens (including phenoxy) is 1. The first kappa shape index (κ1) is 21.4. The van der Waals surface area contributed by atoms with E-state index in [9.17, 15) is 9.90 Å². The average molecular weight is 299 g/mol. The molecule has 0 aliphatic heterocycles. The lowest BCUT2D eigenvalue weighted by atomic mass is 10.1. The molecule has 1 aromatic carbocycles. The molecule has 0 fully saturated rings. The Hall–Kier alpha value is -1.91. The molecule has 0 heterocycles. The fourth-order valence-electron chi connectivity index (χ4n) is 1.47. The van der Waals surface area contributed by atoms with Crippen LogP contribution < -0.4 is 5.32 Å². The third kappa shape index (κ3) is 9.60. The summed E-state index contributed by atoms with van der Waals surface area (Å²) in [5, 5.41) is 21.1. The highest BCUT2D eigenvalue weighted by molar-refractivity contribution is 5.67. The monoisotopic (exact) mass is 299 g/mol. The fourth-order valence-corrected chi connectivity index (χ4v) is 1.47. The van der Waals surface area contributed by atoms with Crippen LogP contribution in [0.2, 0.25) is 0 Å². The Bertz CT molecular complexity index is 394. The van der Waals surface area contributed by atoms with Gasteiger partial charge in [0.2, 0.25) is 0 Å². The van der Waals surface area contributed by atoms with Gasteiger partial charge in [0, 0.05) is 6.04 Å². The Labute approximate surface area is 128 Å². The first-order valence-corrected chi connectivity index (χ1v) is 7.47. The summed E-state index contributed by atoms with van der Waals surface area (Å²) < 4.78 is 4.75. The largest absolute Gasteiger partial charge is 0.504 e. The van der Waals surface area contributed by atoms with Crippen LogP contribution in [0.3, 0.4) is 0 Å². The number of hydrogen-bond acceptors (Lipinski definition) is 4. The molecule has 1 unspecified atom stereocenters. The van der Waals surface area contributed by atoms with Gasteiger partial charge in [-0.1, -0.05) is 33.8 Å². The minimum absolute atomic E-state index is 0.113. The molecule has 1 aromatic rings. The topological polar surface area (TPSA) is 78.8 Å².